The number of pyridine rings is 1. The van der Waals surface area contributed by atoms with Crippen LogP contribution in [0.3, 0.4) is 0 Å². The van der Waals surface area contributed by atoms with Crippen LogP contribution in [0.5, 0.6) is 0 Å². The predicted octanol–water partition coefficient (Wildman–Crippen LogP) is 4.40. The van der Waals surface area contributed by atoms with Crippen LogP contribution in [0.1, 0.15) is 0 Å². The van der Waals surface area contributed by atoms with Crippen LogP contribution in [0.15, 0.2) is 102 Å². The first-order valence-electron chi connectivity index (χ1n) is 9.63. The van der Waals surface area contributed by atoms with E-state index in [0.717, 1.165) is 33.5 Å². The number of fused-ring (bicyclic) bond motifs is 1. The molecule has 0 spiro atoms. The van der Waals surface area contributed by atoms with Crippen LogP contribution in [0.4, 0.5) is 0 Å². The standard InChI is InChI=1S/C24H18N4O2S/c25-31(29,30)21-14-10-19(11-15-21)23-27-22-7-4-16-26-24(22)28(23)20-12-8-18(9-13-20)17-5-2-1-3-6-17/h1-16H,(H2,25,29,30). The lowest BCUT2D eigenvalue weighted by Crippen LogP contribution is -2.11. The summed E-state index contributed by atoms with van der Waals surface area (Å²) in [6.07, 6.45) is 1.73. The second-order valence-electron chi connectivity index (χ2n) is 7.10. The molecule has 0 saturated carbocycles. The van der Waals surface area contributed by atoms with Crippen LogP contribution in [0, 0.1) is 0 Å². The topological polar surface area (TPSA) is 90.9 Å². The molecule has 0 fully saturated rings. The van der Waals surface area contributed by atoms with Crippen molar-refractivity contribution in [2.45, 2.75) is 4.90 Å². The monoisotopic (exact) mass is 426 g/mol. The van der Waals surface area contributed by atoms with Crippen molar-refractivity contribution >= 4 is 21.2 Å². The molecule has 0 bridgehead atoms. The Bertz CT molecular complexity index is 1470. The molecule has 0 radical (unpaired) electrons. The first-order chi connectivity index (χ1) is 15.0. The SMILES string of the molecule is NS(=O)(=O)c1ccc(-c2nc3cccnc3n2-c2ccc(-c3ccccc3)cc2)cc1. The molecule has 0 aliphatic rings. The fraction of sp³-hybridized carbons (Fsp3) is 0. The maximum absolute atomic E-state index is 11.6. The Hall–Kier alpha value is -3.81. The van der Waals surface area contributed by atoms with Gasteiger partial charge in [-0.2, -0.15) is 0 Å². The van der Waals surface area contributed by atoms with E-state index in [9.17, 15) is 8.42 Å². The summed E-state index contributed by atoms with van der Waals surface area (Å²) in [4.78, 5) is 9.34. The van der Waals surface area contributed by atoms with Gasteiger partial charge in [-0.1, -0.05) is 42.5 Å². The van der Waals surface area contributed by atoms with Crippen LogP contribution >= 0.6 is 0 Å². The largest absolute Gasteiger partial charge is 0.277 e. The zero-order valence-electron chi connectivity index (χ0n) is 16.4. The molecule has 3 aromatic carbocycles. The van der Waals surface area contributed by atoms with Gasteiger partial charge in [0.05, 0.1) is 4.90 Å². The third-order valence-corrected chi connectivity index (χ3v) is 6.02. The lowest BCUT2D eigenvalue weighted by Gasteiger charge is -2.10. The van der Waals surface area contributed by atoms with E-state index in [1.165, 1.54) is 12.1 Å². The maximum atomic E-state index is 11.6. The molecule has 7 heteroatoms. The molecule has 0 aliphatic carbocycles. The minimum Gasteiger partial charge on any atom is -0.277 e. The van der Waals surface area contributed by atoms with Gasteiger partial charge >= 0.3 is 0 Å². The zero-order chi connectivity index (χ0) is 21.4. The van der Waals surface area contributed by atoms with Crippen LogP contribution in [-0.4, -0.2) is 23.0 Å². The molecule has 2 heterocycles. The highest BCUT2D eigenvalue weighted by atomic mass is 32.2. The minimum absolute atomic E-state index is 0.0595. The van der Waals surface area contributed by atoms with Gasteiger partial charge in [0.2, 0.25) is 10.0 Å². The Kier molecular flexibility index (Phi) is 4.62. The molecule has 2 N–H and O–H groups in total. The van der Waals surface area contributed by atoms with Crippen molar-refractivity contribution in [3.05, 3.63) is 97.2 Å². The van der Waals surface area contributed by atoms with Crippen molar-refractivity contribution in [3.63, 3.8) is 0 Å². The average Bonchev–Trinajstić information content (AvgIpc) is 3.19. The Balaban J connectivity index is 1.65. The van der Waals surface area contributed by atoms with Gasteiger partial charge in [-0.05, 0) is 59.7 Å². The van der Waals surface area contributed by atoms with Crippen LogP contribution in [-0.2, 0) is 10.0 Å². The first kappa shape index (κ1) is 19.2. The molecule has 152 valence electrons. The summed E-state index contributed by atoms with van der Waals surface area (Å²) < 4.78 is 25.2. The number of nitrogens with zero attached hydrogens (tertiary/aromatic N) is 3. The van der Waals surface area contributed by atoms with Crippen molar-refractivity contribution < 1.29 is 8.42 Å². The number of imidazole rings is 1. The maximum Gasteiger partial charge on any atom is 0.238 e. The molecule has 0 amide bonds. The van der Waals surface area contributed by atoms with Crippen molar-refractivity contribution in [2.24, 2.45) is 5.14 Å². The number of hydrogen-bond acceptors (Lipinski definition) is 4. The number of hydrogen-bond donors (Lipinski definition) is 1. The Morgan fingerprint density at radius 1 is 0.710 bits per heavy atom. The molecule has 5 rings (SSSR count). The predicted molar refractivity (Wildman–Crippen MR) is 121 cm³/mol. The summed E-state index contributed by atoms with van der Waals surface area (Å²) >= 11 is 0. The second kappa shape index (κ2) is 7.46. The van der Waals surface area contributed by atoms with Crippen molar-refractivity contribution in [1.82, 2.24) is 14.5 Å². The summed E-state index contributed by atoms with van der Waals surface area (Å²) in [5.41, 5.74) is 5.40. The third-order valence-electron chi connectivity index (χ3n) is 5.09. The number of benzene rings is 3. The van der Waals surface area contributed by atoms with Gasteiger partial charge in [0.1, 0.15) is 11.3 Å². The van der Waals surface area contributed by atoms with E-state index >= 15 is 0 Å². The Morgan fingerprint density at radius 3 is 2.03 bits per heavy atom. The van der Waals surface area contributed by atoms with Crippen LogP contribution in [0.2, 0.25) is 0 Å². The molecule has 0 unspecified atom stereocenters. The quantitative estimate of drug-likeness (QED) is 0.461. The molecule has 0 aliphatic heterocycles. The van der Waals surface area contributed by atoms with Gasteiger partial charge in [-0.3, -0.25) is 4.57 Å². The van der Waals surface area contributed by atoms with Crippen LogP contribution in [0.25, 0.3) is 39.4 Å². The van der Waals surface area contributed by atoms with Crippen molar-refractivity contribution in [2.75, 3.05) is 0 Å². The summed E-state index contributed by atoms with van der Waals surface area (Å²) in [6, 6.07) is 28.5. The number of sulfonamides is 1. The summed E-state index contributed by atoms with van der Waals surface area (Å²) in [7, 11) is -3.76. The second-order valence-corrected chi connectivity index (χ2v) is 8.66. The Morgan fingerprint density at radius 2 is 1.35 bits per heavy atom. The van der Waals surface area contributed by atoms with E-state index in [1.54, 1.807) is 18.3 Å². The van der Waals surface area contributed by atoms with E-state index in [-0.39, 0.29) is 4.90 Å². The van der Waals surface area contributed by atoms with E-state index in [1.807, 2.05) is 47.0 Å². The molecule has 5 aromatic rings. The number of rotatable bonds is 4. The number of aromatic nitrogens is 3. The van der Waals surface area contributed by atoms with E-state index in [4.69, 9.17) is 10.1 Å². The molecular formula is C24H18N4O2S. The fourth-order valence-corrected chi connectivity index (χ4v) is 4.09. The van der Waals surface area contributed by atoms with Crippen molar-refractivity contribution in [3.8, 4) is 28.2 Å². The fourth-order valence-electron chi connectivity index (χ4n) is 3.58. The average molecular weight is 427 g/mol. The van der Waals surface area contributed by atoms with Gasteiger partial charge in [0.15, 0.2) is 5.65 Å². The van der Waals surface area contributed by atoms with Gasteiger partial charge in [-0.25, -0.2) is 23.5 Å². The Labute approximate surface area is 179 Å². The molecule has 2 aromatic heterocycles. The number of nitrogens with two attached hydrogens (primary N) is 1. The van der Waals surface area contributed by atoms with Crippen LogP contribution < -0.4 is 5.14 Å². The first-order valence-corrected chi connectivity index (χ1v) is 11.2. The van der Waals surface area contributed by atoms with Crippen molar-refractivity contribution in [1.29, 1.82) is 0 Å². The lowest BCUT2D eigenvalue weighted by molar-refractivity contribution is 0.598. The number of primary sulfonamides is 1. The highest BCUT2D eigenvalue weighted by molar-refractivity contribution is 7.89. The van der Waals surface area contributed by atoms with E-state index < -0.39 is 10.0 Å². The zero-order valence-corrected chi connectivity index (χ0v) is 17.2. The molecule has 6 nitrogen and oxygen atoms in total. The normalized spacial score (nSPS) is 11.6. The molecule has 0 saturated heterocycles. The molecule has 0 atom stereocenters. The third kappa shape index (κ3) is 3.61. The van der Waals surface area contributed by atoms with E-state index in [0.29, 0.717) is 5.82 Å². The summed E-state index contributed by atoms with van der Waals surface area (Å²) in [5, 5.41) is 5.23. The molecular weight excluding hydrogens is 408 g/mol. The lowest BCUT2D eigenvalue weighted by atomic mass is 10.1. The highest BCUT2D eigenvalue weighted by Crippen LogP contribution is 2.29. The van der Waals surface area contributed by atoms with E-state index in [2.05, 4.69) is 29.2 Å². The van der Waals surface area contributed by atoms with Gasteiger partial charge < -0.3 is 0 Å². The van der Waals surface area contributed by atoms with Gasteiger partial charge in [0.25, 0.3) is 0 Å². The summed E-state index contributed by atoms with van der Waals surface area (Å²) in [5.74, 6) is 0.669. The minimum atomic E-state index is -3.76. The summed E-state index contributed by atoms with van der Waals surface area (Å²) in [6.45, 7) is 0. The highest BCUT2D eigenvalue weighted by Gasteiger charge is 2.16. The van der Waals surface area contributed by atoms with Gasteiger partial charge in [-0.15, -0.1) is 0 Å². The smallest absolute Gasteiger partial charge is 0.238 e. The molecule has 31 heavy (non-hydrogen) atoms. The van der Waals surface area contributed by atoms with Gasteiger partial charge in [0, 0.05) is 17.4 Å².